The van der Waals surface area contributed by atoms with Crippen LogP contribution >= 0.6 is 0 Å². The molecule has 136 valence electrons. The van der Waals surface area contributed by atoms with E-state index in [9.17, 15) is 9.59 Å². The van der Waals surface area contributed by atoms with Crippen LogP contribution in [-0.4, -0.2) is 20.0 Å². The van der Waals surface area contributed by atoms with Crippen LogP contribution < -0.4 is 11.3 Å². The van der Waals surface area contributed by atoms with Crippen molar-refractivity contribution >= 4 is 27.8 Å². The number of nitrogens with two attached hydrogens (primary N) is 1. The maximum Gasteiger partial charge on any atom is 0.277 e. The predicted molar refractivity (Wildman–Crippen MR) is 106 cm³/mol. The van der Waals surface area contributed by atoms with Crippen molar-refractivity contribution in [2.24, 2.45) is 5.73 Å². The van der Waals surface area contributed by atoms with Gasteiger partial charge in [0.15, 0.2) is 0 Å². The van der Waals surface area contributed by atoms with E-state index in [0.29, 0.717) is 17.6 Å². The molecule has 0 spiro atoms. The van der Waals surface area contributed by atoms with Crippen LogP contribution in [0.4, 0.5) is 0 Å². The number of hydrogen-bond donors (Lipinski definition) is 1. The van der Waals surface area contributed by atoms with E-state index in [1.54, 1.807) is 15.5 Å². The summed E-state index contributed by atoms with van der Waals surface area (Å²) in [5.41, 5.74) is 8.20. The van der Waals surface area contributed by atoms with Crippen LogP contribution in [0.15, 0.2) is 65.7 Å². The molecule has 1 atom stereocenters. The zero-order valence-corrected chi connectivity index (χ0v) is 15.0. The van der Waals surface area contributed by atoms with Crippen LogP contribution in [-0.2, 0) is 17.9 Å². The molecular weight excluding hydrogens is 340 g/mol. The first kappa shape index (κ1) is 17.0. The first-order valence-corrected chi connectivity index (χ1v) is 8.86. The number of hydrogen-bond acceptors (Lipinski definition) is 3. The summed E-state index contributed by atoms with van der Waals surface area (Å²) in [6, 6.07) is 17.6. The summed E-state index contributed by atoms with van der Waals surface area (Å²) in [6.45, 7) is 2.52. The summed E-state index contributed by atoms with van der Waals surface area (Å²) in [7, 11) is 0. The molecule has 6 nitrogen and oxygen atoms in total. The van der Waals surface area contributed by atoms with Crippen LogP contribution in [0.5, 0.6) is 0 Å². The largest absolute Gasteiger partial charge is 0.368 e. The number of carbonyl (C=O) groups is 1. The molecule has 2 aromatic carbocycles. The van der Waals surface area contributed by atoms with Gasteiger partial charge in [-0.25, -0.2) is 4.98 Å². The van der Waals surface area contributed by atoms with E-state index in [1.165, 1.54) is 0 Å². The highest BCUT2D eigenvalue weighted by molar-refractivity contribution is 6.05. The first-order valence-electron chi connectivity index (χ1n) is 8.86. The maximum atomic E-state index is 13.2. The molecule has 0 radical (unpaired) electrons. The fraction of sp³-hybridized carbons (Fsp3) is 0.190. The van der Waals surface area contributed by atoms with Gasteiger partial charge in [-0.15, -0.1) is 0 Å². The van der Waals surface area contributed by atoms with Crippen molar-refractivity contribution in [1.82, 2.24) is 14.1 Å². The van der Waals surface area contributed by atoms with Crippen LogP contribution in [0.3, 0.4) is 0 Å². The minimum absolute atomic E-state index is 0.0564. The van der Waals surface area contributed by atoms with Gasteiger partial charge in [0.25, 0.3) is 5.56 Å². The Bertz CT molecular complexity index is 1190. The minimum atomic E-state index is -0.495. The summed E-state index contributed by atoms with van der Waals surface area (Å²) in [6.07, 6.45) is 1.59. The van der Waals surface area contributed by atoms with E-state index in [1.807, 2.05) is 54.6 Å². The zero-order valence-electron chi connectivity index (χ0n) is 15.0. The van der Waals surface area contributed by atoms with Crippen LogP contribution in [0, 0.1) is 0 Å². The molecule has 1 unspecified atom stereocenters. The molecule has 0 fully saturated rings. The molecule has 6 heteroatoms. The van der Waals surface area contributed by atoms with Gasteiger partial charge in [0.05, 0.1) is 11.8 Å². The number of fused-ring (bicyclic) bond motifs is 3. The lowest BCUT2D eigenvalue weighted by Gasteiger charge is -2.14. The fourth-order valence-electron chi connectivity index (χ4n) is 3.58. The van der Waals surface area contributed by atoms with Gasteiger partial charge in [-0.3, -0.25) is 14.2 Å². The Morgan fingerprint density at radius 3 is 2.56 bits per heavy atom. The standard InChI is InChI=1S/C21H20N4O2/c1-14(15-7-3-2-4-8-15)11-24-13-23-19-16-9-5-6-10-17(16)25(12-18(22)26)20(19)21(24)27/h2-10,13-14H,11-12H2,1H3,(H2,22,26). The Morgan fingerprint density at radius 2 is 1.81 bits per heavy atom. The summed E-state index contributed by atoms with van der Waals surface area (Å²) < 4.78 is 3.28. The second kappa shape index (κ2) is 6.72. The van der Waals surface area contributed by atoms with Crippen molar-refractivity contribution in [3.05, 3.63) is 76.8 Å². The Balaban J connectivity index is 1.87. The number of para-hydroxylation sites is 1. The van der Waals surface area contributed by atoms with Crippen LogP contribution in [0.2, 0.25) is 0 Å². The van der Waals surface area contributed by atoms with Gasteiger partial charge >= 0.3 is 0 Å². The Labute approximate surface area is 155 Å². The topological polar surface area (TPSA) is 82.9 Å². The highest BCUT2D eigenvalue weighted by Crippen LogP contribution is 2.25. The monoisotopic (exact) mass is 360 g/mol. The number of rotatable bonds is 5. The molecule has 2 heterocycles. The predicted octanol–water partition coefficient (Wildman–Crippen LogP) is 2.64. The molecule has 2 N–H and O–H groups in total. The van der Waals surface area contributed by atoms with E-state index in [-0.39, 0.29) is 18.0 Å². The SMILES string of the molecule is CC(Cn1cnc2c3ccccc3n(CC(N)=O)c2c1=O)c1ccccc1. The quantitative estimate of drug-likeness (QED) is 0.594. The second-order valence-electron chi connectivity index (χ2n) is 6.78. The average Bonchev–Trinajstić information content (AvgIpc) is 2.99. The van der Waals surface area contributed by atoms with Crippen molar-refractivity contribution in [1.29, 1.82) is 0 Å². The third-order valence-corrected chi connectivity index (χ3v) is 4.89. The molecule has 0 saturated carbocycles. The van der Waals surface area contributed by atoms with Crippen LogP contribution in [0.25, 0.3) is 21.9 Å². The van der Waals surface area contributed by atoms with Gasteiger partial charge in [0, 0.05) is 11.9 Å². The number of carbonyl (C=O) groups excluding carboxylic acids is 1. The van der Waals surface area contributed by atoms with E-state index < -0.39 is 5.91 Å². The van der Waals surface area contributed by atoms with Crippen molar-refractivity contribution < 1.29 is 4.79 Å². The molecular formula is C21H20N4O2. The van der Waals surface area contributed by atoms with E-state index >= 15 is 0 Å². The third-order valence-electron chi connectivity index (χ3n) is 4.89. The van der Waals surface area contributed by atoms with E-state index in [0.717, 1.165) is 16.5 Å². The molecule has 4 rings (SSSR count). The van der Waals surface area contributed by atoms with Gasteiger partial charge in [0.1, 0.15) is 17.6 Å². The number of amides is 1. The van der Waals surface area contributed by atoms with Crippen molar-refractivity contribution in [2.75, 3.05) is 0 Å². The molecule has 0 aliphatic carbocycles. The molecule has 27 heavy (non-hydrogen) atoms. The normalized spacial score (nSPS) is 12.5. The Morgan fingerprint density at radius 1 is 1.11 bits per heavy atom. The molecule has 2 aromatic heterocycles. The molecule has 1 amide bonds. The molecule has 0 bridgehead atoms. The smallest absolute Gasteiger partial charge is 0.277 e. The van der Waals surface area contributed by atoms with Gasteiger partial charge in [0.2, 0.25) is 5.91 Å². The number of primary amides is 1. The summed E-state index contributed by atoms with van der Waals surface area (Å²) in [4.78, 5) is 29.3. The van der Waals surface area contributed by atoms with Crippen molar-refractivity contribution in [2.45, 2.75) is 25.9 Å². The summed E-state index contributed by atoms with van der Waals surface area (Å²) in [5.74, 6) is -0.345. The number of aromatic nitrogens is 3. The van der Waals surface area contributed by atoms with Gasteiger partial charge < -0.3 is 10.3 Å². The maximum absolute atomic E-state index is 13.2. The zero-order chi connectivity index (χ0) is 19.0. The van der Waals surface area contributed by atoms with Gasteiger partial charge in [-0.2, -0.15) is 0 Å². The first-order chi connectivity index (χ1) is 13.1. The van der Waals surface area contributed by atoms with Crippen molar-refractivity contribution in [3.63, 3.8) is 0 Å². The highest BCUT2D eigenvalue weighted by atomic mass is 16.1. The number of nitrogens with zero attached hydrogens (tertiary/aromatic N) is 3. The molecule has 0 saturated heterocycles. The number of benzene rings is 2. The third kappa shape index (κ3) is 2.99. The summed E-state index contributed by atoms with van der Waals surface area (Å²) in [5, 5.41) is 0.842. The summed E-state index contributed by atoms with van der Waals surface area (Å²) >= 11 is 0. The lowest BCUT2D eigenvalue weighted by Crippen LogP contribution is -2.26. The molecule has 0 aliphatic heterocycles. The Hall–Kier alpha value is -3.41. The van der Waals surface area contributed by atoms with Crippen molar-refractivity contribution in [3.8, 4) is 0 Å². The fourth-order valence-corrected chi connectivity index (χ4v) is 3.58. The average molecular weight is 360 g/mol. The van der Waals surface area contributed by atoms with E-state index in [4.69, 9.17) is 5.73 Å². The van der Waals surface area contributed by atoms with Crippen LogP contribution in [0.1, 0.15) is 18.4 Å². The second-order valence-corrected chi connectivity index (χ2v) is 6.78. The molecule has 0 aliphatic rings. The van der Waals surface area contributed by atoms with E-state index in [2.05, 4.69) is 11.9 Å². The minimum Gasteiger partial charge on any atom is -0.368 e. The lowest BCUT2D eigenvalue weighted by atomic mass is 10.0. The van der Waals surface area contributed by atoms with Gasteiger partial charge in [-0.1, -0.05) is 55.5 Å². The lowest BCUT2D eigenvalue weighted by molar-refractivity contribution is -0.118. The molecule has 4 aromatic rings. The highest BCUT2D eigenvalue weighted by Gasteiger charge is 2.18. The Kier molecular flexibility index (Phi) is 4.24. The van der Waals surface area contributed by atoms with Gasteiger partial charge in [-0.05, 0) is 17.5 Å².